The van der Waals surface area contributed by atoms with Crippen molar-refractivity contribution < 1.29 is 9.53 Å². The molecule has 1 rings (SSSR count). The Kier molecular flexibility index (Phi) is 5.58. The Hall–Kier alpha value is -0.790. The van der Waals surface area contributed by atoms with E-state index in [1.807, 2.05) is 0 Å². The standard InChI is InChI=1S/C12H10Br2O2/c1-2-3-4-5-16-12-10(13)6-9(8-15)7-11(12)14/h6-8H,4-5H2,1H3. The fourth-order valence-corrected chi connectivity index (χ4v) is 2.57. The summed E-state index contributed by atoms with van der Waals surface area (Å²) in [7, 11) is 0. The van der Waals surface area contributed by atoms with Gasteiger partial charge in [-0.2, -0.15) is 0 Å². The van der Waals surface area contributed by atoms with Gasteiger partial charge >= 0.3 is 0 Å². The van der Waals surface area contributed by atoms with Crippen molar-refractivity contribution in [2.75, 3.05) is 6.61 Å². The van der Waals surface area contributed by atoms with Gasteiger partial charge in [-0.05, 0) is 50.9 Å². The van der Waals surface area contributed by atoms with Crippen LogP contribution in [0.4, 0.5) is 0 Å². The van der Waals surface area contributed by atoms with Gasteiger partial charge in [0, 0.05) is 12.0 Å². The van der Waals surface area contributed by atoms with Crippen molar-refractivity contribution in [2.45, 2.75) is 13.3 Å². The minimum atomic E-state index is 0.526. The second-order valence-electron chi connectivity index (χ2n) is 2.96. The first kappa shape index (κ1) is 13.3. The molecular formula is C12H10Br2O2. The van der Waals surface area contributed by atoms with Gasteiger partial charge in [0.05, 0.1) is 15.6 Å². The first-order valence-corrected chi connectivity index (χ1v) is 6.24. The van der Waals surface area contributed by atoms with E-state index < -0.39 is 0 Å². The monoisotopic (exact) mass is 344 g/mol. The molecule has 0 aliphatic heterocycles. The number of halogens is 2. The lowest BCUT2D eigenvalue weighted by Crippen LogP contribution is -1.98. The van der Waals surface area contributed by atoms with Gasteiger partial charge in [-0.25, -0.2) is 0 Å². The zero-order valence-electron chi connectivity index (χ0n) is 8.72. The number of hydrogen-bond acceptors (Lipinski definition) is 2. The second kappa shape index (κ2) is 6.72. The number of aldehydes is 1. The van der Waals surface area contributed by atoms with Gasteiger partial charge in [-0.3, -0.25) is 4.79 Å². The van der Waals surface area contributed by atoms with Crippen LogP contribution in [0.1, 0.15) is 23.7 Å². The predicted octanol–water partition coefficient (Wildman–Crippen LogP) is 3.82. The molecule has 0 heterocycles. The molecule has 0 aliphatic carbocycles. The van der Waals surface area contributed by atoms with Crippen LogP contribution in [0.5, 0.6) is 5.75 Å². The van der Waals surface area contributed by atoms with Crippen LogP contribution >= 0.6 is 31.9 Å². The topological polar surface area (TPSA) is 26.3 Å². The van der Waals surface area contributed by atoms with Gasteiger partial charge in [0.25, 0.3) is 0 Å². The molecule has 16 heavy (non-hydrogen) atoms. The number of hydrogen-bond donors (Lipinski definition) is 0. The molecule has 0 bridgehead atoms. The molecule has 0 spiro atoms. The molecule has 0 radical (unpaired) electrons. The molecule has 0 saturated carbocycles. The van der Waals surface area contributed by atoms with E-state index in [-0.39, 0.29) is 0 Å². The summed E-state index contributed by atoms with van der Waals surface area (Å²) < 4.78 is 7.07. The van der Waals surface area contributed by atoms with Crippen molar-refractivity contribution in [3.05, 3.63) is 26.6 Å². The van der Waals surface area contributed by atoms with E-state index in [4.69, 9.17) is 4.74 Å². The van der Waals surface area contributed by atoms with Crippen molar-refractivity contribution >= 4 is 38.1 Å². The lowest BCUT2D eigenvalue weighted by Gasteiger charge is -2.09. The Labute approximate surface area is 112 Å². The van der Waals surface area contributed by atoms with Crippen LogP contribution in [0.3, 0.4) is 0 Å². The van der Waals surface area contributed by atoms with E-state index in [0.717, 1.165) is 15.2 Å². The van der Waals surface area contributed by atoms with Gasteiger partial charge in [0.2, 0.25) is 0 Å². The summed E-state index contributed by atoms with van der Waals surface area (Å²) in [5.74, 6) is 6.42. The molecule has 0 aliphatic rings. The smallest absolute Gasteiger partial charge is 0.150 e. The average Bonchev–Trinajstić information content (AvgIpc) is 2.26. The normalized spacial score (nSPS) is 9.19. The minimum Gasteiger partial charge on any atom is -0.490 e. The Bertz CT molecular complexity index is 421. The number of benzene rings is 1. The van der Waals surface area contributed by atoms with E-state index in [1.54, 1.807) is 19.1 Å². The van der Waals surface area contributed by atoms with Gasteiger partial charge in [0.15, 0.2) is 0 Å². The van der Waals surface area contributed by atoms with Crippen LogP contribution in [0.15, 0.2) is 21.1 Å². The lowest BCUT2D eigenvalue weighted by molar-refractivity contribution is 0.112. The maximum absolute atomic E-state index is 10.6. The molecule has 84 valence electrons. The molecule has 0 saturated heterocycles. The molecule has 2 nitrogen and oxygen atoms in total. The fraction of sp³-hybridized carbons (Fsp3) is 0.250. The molecule has 0 atom stereocenters. The Morgan fingerprint density at radius 2 is 2.00 bits per heavy atom. The number of ether oxygens (including phenoxy) is 1. The second-order valence-corrected chi connectivity index (χ2v) is 4.67. The van der Waals surface area contributed by atoms with Crippen LogP contribution in [-0.2, 0) is 0 Å². The lowest BCUT2D eigenvalue weighted by atomic mass is 10.2. The van der Waals surface area contributed by atoms with Crippen LogP contribution < -0.4 is 4.74 Å². The molecular weight excluding hydrogens is 336 g/mol. The maximum atomic E-state index is 10.6. The third-order valence-electron chi connectivity index (χ3n) is 1.81. The molecule has 0 fully saturated rings. The Morgan fingerprint density at radius 3 is 2.50 bits per heavy atom. The summed E-state index contributed by atoms with van der Waals surface area (Å²) in [6.45, 7) is 2.32. The van der Waals surface area contributed by atoms with Crippen LogP contribution in [0.25, 0.3) is 0 Å². The highest BCUT2D eigenvalue weighted by Crippen LogP contribution is 2.34. The quantitative estimate of drug-likeness (QED) is 0.471. The highest BCUT2D eigenvalue weighted by atomic mass is 79.9. The van der Waals surface area contributed by atoms with Gasteiger partial charge < -0.3 is 4.74 Å². The van der Waals surface area contributed by atoms with E-state index in [2.05, 4.69) is 43.7 Å². The first-order chi connectivity index (χ1) is 7.69. The summed E-state index contributed by atoms with van der Waals surface area (Å²) in [6, 6.07) is 3.44. The number of carbonyl (C=O) groups is 1. The Balaban J connectivity index is 2.78. The van der Waals surface area contributed by atoms with Crippen molar-refractivity contribution in [1.82, 2.24) is 0 Å². The summed E-state index contributed by atoms with van der Waals surface area (Å²) >= 11 is 6.72. The molecule has 1 aromatic carbocycles. The first-order valence-electron chi connectivity index (χ1n) is 4.65. The summed E-state index contributed by atoms with van der Waals surface area (Å²) in [4.78, 5) is 10.6. The highest BCUT2D eigenvalue weighted by Gasteiger charge is 2.08. The largest absolute Gasteiger partial charge is 0.490 e. The number of rotatable bonds is 4. The number of carbonyl (C=O) groups excluding carboxylic acids is 1. The summed E-state index contributed by atoms with van der Waals surface area (Å²) in [5.41, 5.74) is 0.597. The summed E-state index contributed by atoms with van der Waals surface area (Å²) in [5, 5.41) is 0. The van der Waals surface area contributed by atoms with Crippen LogP contribution in [0.2, 0.25) is 0 Å². The van der Waals surface area contributed by atoms with E-state index in [9.17, 15) is 4.79 Å². The minimum absolute atomic E-state index is 0.526. The van der Waals surface area contributed by atoms with Gasteiger partial charge in [-0.15, -0.1) is 11.8 Å². The molecule has 0 N–H and O–H groups in total. The van der Waals surface area contributed by atoms with Crippen LogP contribution in [-0.4, -0.2) is 12.9 Å². The third kappa shape index (κ3) is 3.66. The zero-order chi connectivity index (χ0) is 12.0. The van der Waals surface area contributed by atoms with Crippen LogP contribution in [0, 0.1) is 11.8 Å². The van der Waals surface area contributed by atoms with E-state index in [1.165, 1.54) is 0 Å². The Morgan fingerprint density at radius 1 is 1.38 bits per heavy atom. The molecule has 4 heteroatoms. The predicted molar refractivity (Wildman–Crippen MR) is 70.8 cm³/mol. The molecule has 0 aromatic heterocycles. The molecule has 0 amide bonds. The van der Waals surface area contributed by atoms with Crippen molar-refractivity contribution in [1.29, 1.82) is 0 Å². The average molecular weight is 346 g/mol. The molecule has 1 aromatic rings. The third-order valence-corrected chi connectivity index (χ3v) is 2.99. The fourth-order valence-electron chi connectivity index (χ4n) is 1.11. The van der Waals surface area contributed by atoms with E-state index in [0.29, 0.717) is 24.3 Å². The van der Waals surface area contributed by atoms with Crippen molar-refractivity contribution in [3.8, 4) is 17.6 Å². The van der Waals surface area contributed by atoms with E-state index >= 15 is 0 Å². The molecule has 0 unspecified atom stereocenters. The SMILES string of the molecule is CC#CCCOc1c(Br)cc(C=O)cc1Br. The van der Waals surface area contributed by atoms with Crippen molar-refractivity contribution in [2.24, 2.45) is 0 Å². The highest BCUT2D eigenvalue weighted by molar-refractivity contribution is 9.11. The van der Waals surface area contributed by atoms with Gasteiger partial charge in [-0.1, -0.05) is 0 Å². The maximum Gasteiger partial charge on any atom is 0.150 e. The van der Waals surface area contributed by atoms with Crippen molar-refractivity contribution in [3.63, 3.8) is 0 Å². The zero-order valence-corrected chi connectivity index (χ0v) is 11.9. The summed E-state index contributed by atoms with van der Waals surface area (Å²) in [6.07, 6.45) is 1.48. The van der Waals surface area contributed by atoms with Gasteiger partial charge in [0.1, 0.15) is 12.0 Å².